The average Bonchev–Trinajstić information content (AvgIpc) is 2.96. The molecule has 1 aromatic heterocycles. The summed E-state index contributed by atoms with van der Waals surface area (Å²) < 4.78 is 67.5. The molecule has 3 aromatic rings. The zero-order valence-corrected chi connectivity index (χ0v) is 14.5. The van der Waals surface area contributed by atoms with Gasteiger partial charge in [0.2, 0.25) is 0 Å². The first-order chi connectivity index (χ1) is 13.3. The van der Waals surface area contributed by atoms with E-state index in [-0.39, 0.29) is 5.52 Å². The summed E-state index contributed by atoms with van der Waals surface area (Å²) in [5.41, 5.74) is 0.334. The van der Waals surface area contributed by atoms with Gasteiger partial charge in [0.15, 0.2) is 11.6 Å². The molecular weight excluding hydrogens is 379 g/mol. The van der Waals surface area contributed by atoms with Gasteiger partial charge in [0.05, 0.1) is 16.6 Å². The predicted molar refractivity (Wildman–Crippen MR) is 95.0 cm³/mol. The number of hydrogen-bond donors (Lipinski definition) is 0. The van der Waals surface area contributed by atoms with Crippen molar-refractivity contribution in [3.63, 3.8) is 0 Å². The van der Waals surface area contributed by atoms with Gasteiger partial charge in [-0.15, -0.1) is 0 Å². The number of aromatic nitrogens is 2. The number of nitrogens with zero attached hydrogens (tertiary/aromatic N) is 4. The van der Waals surface area contributed by atoms with Gasteiger partial charge in [0.25, 0.3) is 0 Å². The summed E-state index contributed by atoms with van der Waals surface area (Å²) in [6, 6.07) is 6.70. The molecule has 0 bridgehead atoms. The molecule has 0 amide bonds. The zero-order chi connectivity index (χ0) is 20.1. The molecule has 1 unspecified atom stereocenters. The van der Waals surface area contributed by atoms with E-state index in [1.54, 1.807) is 28.8 Å². The van der Waals surface area contributed by atoms with Gasteiger partial charge in [-0.2, -0.15) is 13.2 Å². The number of anilines is 1. The Hall–Kier alpha value is -3.23. The van der Waals surface area contributed by atoms with E-state index in [0.717, 1.165) is 24.3 Å². The van der Waals surface area contributed by atoms with Crippen LogP contribution in [0.15, 0.2) is 53.8 Å². The van der Waals surface area contributed by atoms with E-state index in [1.165, 1.54) is 18.3 Å². The maximum atomic E-state index is 13.8. The van der Waals surface area contributed by atoms with Gasteiger partial charge < -0.3 is 9.47 Å². The van der Waals surface area contributed by atoms with E-state index in [1.807, 2.05) is 0 Å². The van der Waals surface area contributed by atoms with Gasteiger partial charge in [-0.25, -0.2) is 13.8 Å². The number of fused-ring (bicyclic) bond motifs is 1. The SMILES string of the molecule is Cc1nc2cc(F)c(F)cc2n1C1C=NC=CN1c1ccc(C(F)(F)F)cc1. The standard InChI is InChI=1S/C19H13F5N4/c1-11-26-16-8-14(20)15(21)9-17(16)28(11)18-10-25-6-7-27(18)13-4-2-12(3-5-13)19(22,23)24/h2-10,18H,1H3. The lowest BCUT2D eigenvalue weighted by molar-refractivity contribution is -0.137. The number of alkyl halides is 3. The van der Waals surface area contributed by atoms with Crippen LogP contribution in [0.3, 0.4) is 0 Å². The largest absolute Gasteiger partial charge is 0.416 e. The fraction of sp³-hybridized carbons (Fsp3) is 0.158. The highest BCUT2D eigenvalue weighted by Crippen LogP contribution is 2.33. The molecule has 4 nitrogen and oxygen atoms in total. The molecule has 0 N–H and O–H groups in total. The molecule has 0 radical (unpaired) electrons. The number of aliphatic imine (C=N–C) groups is 1. The Balaban J connectivity index is 1.80. The minimum atomic E-state index is -4.43. The fourth-order valence-electron chi connectivity index (χ4n) is 3.19. The second-order valence-corrected chi connectivity index (χ2v) is 6.25. The fourth-order valence-corrected chi connectivity index (χ4v) is 3.19. The first kappa shape index (κ1) is 18.1. The maximum Gasteiger partial charge on any atom is 0.416 e. The minimum Gasteiger partial charge on any atom is -0.320 e. The number of aryl methyl sites for hydroxylation is 1. The molecule has 9 heteroatoms. The number of imidazole rings is 1. The van der Waals surface area contributed by atoms with Crippen LogP contribution in [0.4, 0.5) is 27.6 Å². The molecule has 0 saturated heterocycles. The summed E-state index contributed by atoms with van der Waals surface area (Å²) in [4.78, 5) is 10.0. The Labute approximate surface area is 156 Å². The molecule has 1 atom stereocenters. The van der Waals surface area contributed by atoms with Crippen molar-refractivity contribution in [3.05, 3.63) is 71.8 Å². The molecular formula is C19H13F5N4. The number of hydrogen-bond acceptors (Lipinski definition) is 3. The van der Waals surface area contributed by atoms with Crippen molar-refractivity contribution in [1.29, 1.82) is 0 Å². The molecule has 1 aliphatic heterocycles. The van der Waals surface area contributed by atoms with E-state index in [2.05, 4.69) is 9.98 Å². The van der Waals surface area contributed by atoms with Crippen LogP contribution >= 0.6 is 0 Å². The Bertz CT molecular complexity index is 1100. The molecule has 2 aromatic carbocycles. The lowest BCUT2D eigenvalue weighted by Crippen LogP contribution is -2.31. The summed E-state index contributed by atoms with van der Waals surface area (Å²) in [6.07, 6.45) is -0.416. The third-order valence-electron chi connectivity index (χ3n) is 4.48. The molecule has 0 fully saturated rings. The summed E-state index contributed by atoms with van der Waals surface area (Å²) in [5.74, 6) is -1.55. The van der Waals surface area contributed by atoms with Crippen molar-refractivity contribution in [2.24, 2.45) is 4.99 Å². The molecule has 28 heavy (non-hydrogen) atoms. The first-order valence-corrected chi connectivity index (χ1v) is 8.25. The summed E-state index contributed by atoms with van der Waals surface area (Å²) in [6.45, 7) is 1.67. The van der Waals surface area contributed by atoms with Crippen LogP contribution in [-0.4, -0.2) is 15.8 Å². The van der Waals surface area contributed by atoms with E-state index >= 15 is 0 Å². The van der Waals surface area contributed by atoms with Crippen LogP contribution in [-0.2, 0) is 6.18 Å². The lowest BCUT2D eigenvalue weighted by atomic mass is 10.2. The highest BCUT2D eigenvalue weighted by Gasteiger charge is 2.31. The summed E-state index contributed by atoms with van der Waals surface area (Å²) in [7, 11) is 0. The van der Waals surface area contributed by atoms with Gasteiger partial charge in [-0.1, -0.05) is 0 Å². The number of halogens is 5. The van der Waals surface area contributed by atoms with Crippen LogP contribution < -0.4 is 4.90 Å². The lowest BCUT2D eigenvalue weighted by Gasteiger charge is -2.31. The van der Waals surface area contributed by atoms with Gasteiger partial charge in [-0.3, -0.25) is 4.99 Å². The third kappa shape index (κ3) is 3.02. The Kier molecular flexibility index (Phi) is 4.17. The Morgan fingerprint density at radius 2 is 1.68 bits per heavy atom. The molecule has 0 aliphatic carbocycles. The van der Waals surface area contributed by atoms with Crippen molar-refractivity contribution < 1.29 is 22.0 Å². The molecule has 0 spiro atoms. The second-order valence-electron chi connectivity index (χ2n) is 6.25. The second kappa shape index (κ2) is 6.43. The van der Waals surface area contributed by atoms with Crippen molar-refractivity contribution in [1.82, 2.24) is 9.55 Å². The van der Waals surface area contributed by atoms with Crippen molar-refractivity contribution in [2.75, 3.05) is 4.90 Å². The monoisotopic (exact) mass is 392 g/mol. The van der Waals surface area contributed by atoms with Crippen molar-refractivity contribution >= 4 is 22.9 Å². The van der Waals surface area contributed by atoms with Gasteiger partial charge in [-0.05, 0) is 31.2 Å². The van der Waals surface area contributed by atoms with Crippen LogP contribution in [0, 0.1) is 18.6 Å². The van der Waals surface area contributed by atoms with Gasteiger partial charge >= 0.3 is 6.18 Å². The highest BCUT2D eigenvalue weighted by atomic mass is 19.4. The van der Waals surface area contributed by atoms with Crippen molar-refractivity contribution in [3.8, 4) is 0 Å². The molecule has 4 rings (SSSR count). The quantitative estimate of drug-likeness (QED) is 0.562. The molecule has 144 valence electrons. The molecule has 0 saturated carbocycles. The normalized spacial score (nSPS) is 16.9. The maximum absolute atomic E-state index is 13.8. The van der Waals surface area contributed by atoms with E-state index in [9.17, 15) is 22.0 Å². The van der Waals surface area contributed by atoms with Crippen LogP contribution in [0.1, 0.15) is 17.6 Å². The number of rotatable bonds is 2. The van der Waals surface area contributed by atoms with E-state index < -0.39 is 29.5 Å². The Morgan fingerprint density at radius 1 is 1.00 bits per heavy atom. The average molecular weight is 392 g/mol. The summed E-state index contributed by atoms with van der Waals surface area (Å²) >= 11 is 0. The summed E-state index contributed by atoms with van der Waals surface area (Å²) in [5, 5.41) is 0. The zero-order valence-electron chi connectivity index (χ0n) is 14.5. The smallest absolute Gasteiger partial charge is 0.320 e. The Morgan fingerprint density at radius 3 is 2.36 bits per heavy atom. The van der Waals surface area contributed by atoms with Crippen LogP contribution in [0.25, 0.3) is 11.0 Å². The molecule has 1 aliphatic rings. The first-order valence-electron chi connectivity index (χ1n) is 8.25. The van der Waals surface area contributed by atoms with E-state index in [0.29, 0.717) is 17.0 Å². The van der Waals surface area contributed by atoms with Gasteiger partial charge in [0.1, 0.15) is 12.0 Å². The predicted octanol–water partition coefficient (Wildman–Crippen LogP) is 5.20. The number of benzene rings is 2. The van der Waals surface area contributed by atoms with E-state index in [4.69, 9.17) is 0 Å². The van der Waals surface area contributed by atoms with Crippen LogP contribution in [0.5, 0.6) is 0 Å². The highest BCUT2D eigenvalue weighted by molar-refractivity contribution is 5.81. The minimum absolute atomic E-state index is 0.270. The van der Waals surface area contributed by atoms with Gasteiger partial charge in [0, 0.05) is 36.4 Å². The molecule has 2 heterocycles. The topological polar surface area (TPSA) is 33.4 Å². The van der Waals surface area contributed by atoms with Crippen molar-refractivity contribution in [2.45, 2.75) is 19.3 Å². The van der Waals surface area contributed by atoms with Crippen LogP contribution in [0.2, 0.25) is 0 Å². The third-order valence-corrected chi connectivity index (χ3v) is 4.48.